The van der Waals surface area contributed by atoms with Crippen LogP contribution in [0.2, 0.25) is 0 Å². The molecule has 0 atom stereocenters. The van der Waals surface area contributed by atoms with Gasteiger partial charge in [-0.1, -0.05) is 82.9 Å². The monoisotopic (exact) mass is 372 g/mol. The van der Waals surface area contributed by atoms with Gasteiger partial charge >= 0.3 is 0 Å². The molecular weight excluding hydrogens is 343 g/mol. The Morgan fingerprint density at radius 3 is 1.84 bits per heavy atom. The van der Waals surface area contributed by atoms with Crippen molar-refractivity contribution in [3.05, 3.63) is 33.4 Å². The average molecular weight is 372 g/mol. The first kappa shape index (κ1) is 17.0. The second-order valence-electron chi connectivity index (χ2n) is 5.52. The minimum absolute atomic E-state index is 1.26. The molecule has 0 N–H and O–H groups in total. The van der Waals surface area contributed by atoms with E-state index in [9.17, 15) is 0 Å². The number of halogens is 1. The van der Waals surface area contributed by atoms with Crippen LogP contribution in [0.4, 0.5) is 0 Å². The lowest BCUT2D eigenvalue weighted by Gasteiger charge is -2.04. The summed E-state index contributed by atoms with van der Waals surface area (Å²) in [5, 5.41) is 0. The Labute approximate surface area is 133 Å². The lowest BCUT2D eigenvalue weighted by atomic mass is 10.0. The van der Waals surface area contributed by atoms with Gasteiger partial charge in [0.05, 0.1) is 0 Å². The lowest BCUT2D eigenvalue weighted by Crippen LogP contribution is -1.89. The van der Waals surface area contributed by atoms with Crippen LogP contribution in [0.1, 0.15) is 76.7 Å². The minimum Gasteiger partial charge on any atom is -0.0654 e. The zero-order valence-corrected chi connectivity index (χ0v) is 14.6. The standard InChI is InChI=1S/C18H29I/c1-2-3-4-5-6-7-8-9-10-11-14-17-15-12-13-16-18(17)19/h12-13,15-16H,2-11,14H2,1H3. The van der Waals surface area contributed by atoms with Gasteiger partial charge in [0.25, 0.3) is 0 Å². The van der Waals surface area contributed by atoms with Crippen LogP contribution in [0.5, 0.6) is 0 Å². The fourth-order valence-electron chi connectivity index (χ4n) is 2.50. The number of hydrogen-bond donors (Lipinski definition) is 0. The second kappa shape index (κ2) is 11.7. The van der Waals surface area contributed by atoms with Gasteiger partial charge in [0.1, 0.15) is 0 Å². The van der Waals surface area contributed by atoms with Crippen LogP contribution in [0.15, 0.2) is 24.3 Å². The van der Waals surface area contributed by atoms with E-state index in [2.05, 4.69) is 53.8 Å². The molecule has 0 saturated carbocycles. The fourth-order valence-corrected chi connectivity index (χ4v) is 3.16. The molecule has 0 aromatic heterocycles. The highest BCUT2D eigenvalue weighted by Gasteiger charge is 1.98. The van der Waals surface area contributed by atoms with Crippen molar-refractivity contribution in [1.82, 2.24) is 0 Å². The molecule has 0 fully saturated rings. The van der Waals surface area contributed by atoms with Crippen molar-refractivity contribution in [1.29, 1.82) is 0 Å². The summed E-state index contributed by atoms with van der Waals surface area (Å²) in [6.45, 7) is 2.29. The van der Waals surface area contributed by atoms with Crippen LogP contribution in [0, 0.1) is 3.57 Å². The Morgan fingerprint density at radius 1 is 0.737 bits per heavy atom. The van der Waals surface area contributed by atoms with Crippen molar-refractivity contribution >= 4 is 22.6 Å². The van der Waals surface area contributed by atoms with E-state index in [4.69, 9.17) is 0 Å². The molecule has 1 aromatic rings. The molecule has 108 valence electrons. The van der Waals surface area contributed by atoms with Crippen molar-refractivity contribution in [2.24, 2.45) is 0 Å². The highest BCUT2D eigenvalue weighted by atomic mass is 127. The normalized spacial score (nSPS) is 10.8. The first-order valence-corrected chi connectivity index (χ1v) is 9.16. The Hall–Kier alpha value is -0.0500. The maximum absolute atomic E-state index is 2.45. The molecule has 19 heavy (non-hydrogen) atoms. The fraction of sp³-hybridized carbons (Fsp3) is 0.667. The third-order valence-electron chi connectivity index (χ3n) is 3.76. The van der Waals surface area contributed by atoms with Gasteiger partial charge in [-0.15, -0.1) is 0 Å². The summed E-state index contributed by atoms with van der Waals surface area (Å²) in [5.74, 6) is 0. The summed E-state index contributed by atoms with van der Waals surface area (Å²) in [4.78, 5) is 0. The number of aryl methyl sites for hydroxylation is 1. The molecule has 0 spiro atoms. The molecular formula is C18H29I. The van der Waals surface area contributed by atoms with Crippen molar-refractivity contribution in [2.75, 3.05) is 0 Å². The summed E-state index contributed by atoms with van der Waals surface area (Å²) in [6.07, 6.45) is 15.5. The Kier molecular flexibility index (Phi) is 10.5. The smallest absolute Gasteiger partial charge is 0.0162 e. The highest BCUT2D eigenvalue weighted by molar-refractivity contribution is 14.1. The van der Waals surface area contributed by atoms with Crippen LogP contribution >= 0.6 is 22.6 Å². The van der Waals surface area contributed by atoms with Crippen LogP contribution in [0.25, 0.3) is 0 Å². The molecule has 0 nitrogen and oxygen atoms in total. The van der Waals surface area contributed by atoms with E-state index < -0.39 is 0 Å². The molecule has 0 saturated heterocycles. The number of hydrogen-bond acceptors (Lipinski definition) is 0. The summed E-state index contributed by atoms with van der Waals surface area (Å²) in [5.41, 5.74) is 1.53. The van der Waals surface area contributed by atoms with E-state index in [-0.39, 0.29) is 0 Å². The largest absolute Gasteiger partial charge is 0.0654 e. The van der Waals surface area contributed by atoms with Crippen molar-refractivity contribution in [2.45, 2.75) is 77.6 Å². The SMILES string of the molecule is CCCCCCCCCCCCc1ccccc1I. The van der Waals surface area contributed by atoms with E-state index in [0.717, 1.165) is 0 Å². The molecule has 0 bridgehead atoms. The van der Waals surface area contributed by atoms with Gasteiger partial charge in [-0.25, -0.2) is 0 Å². The Morgan fingerprint density at radius 2 is 1.26 bits per heavy atom. The van der Waals surface area contributed by atoms with E-state index in [0.29, 0.717) is 0 Å². The molecule has 0 radical (unpaired) electrons. The van der Waals surface area contributed by atoms with E-state index in [1.54, 1.807) is 0 Å². The Balaban J connectivity index is 1.90. The predicted molar refractivity (Wildman–Crippen MR) is 94.7 cm³/mol. The van der Waals surface area contributed by atoms with Crippen LogP contribution in [0.3, 0.4) is 0 Å². The van der Waals surface area contributed by atoms with Crippen LogP contribution in [-0.4, -0.2) is 0 Å². The zero-order valence-electron chi connectivity index (χ0n) is 12.5. The second-order valence-corrected chi connectivity index (χ2v) is 6.69. The van der Waals surface area contributed by atoms with E-state index in [1.165, 1.54) is 79.8 Å². The molecule has 1 heteroatoms. The molecule has 1 aromatic carbocycles. The highest BCUT2D eigenvalue weighted by Crippen LogP contribution is 2.16. The summed E-state index contributed by atoms with van der Waals surface area (Å²) in [6, 6.07) is 8.78. The number of rotatable bonds is 11. The first-order valence-electron chi connectivity index (χ1n) is 8.08. The van der Waals surface area contributed by atoms with Crippen molar-refractivity contribution in [3.63, 3.8) is 0 Å². The van der Waals surface area contributed by atoms with Gasteiger partial charge in [0.15, 0.2) is 0 Å². The molecule has 0 unspecified atom stereocenters. The van der Waals surface area contributed by atoms with Gasteiger partial charge < -0.3 is 0 Å². The lowest BCUT2D eigenvalue weighted by molar-refractivity contribution is 0.556. The van der Waals surface area contributed by atoms with Gasteiger partial charge in [-0.3, -0.25) is 0 Å². The van der Waals surface area contributed by atoms with Gasteiger partial charge in [-0.05, 0) is 47.1 Å². The molecule has 0 heterocycles. The van der Waals surface area contributed by atoms with Gasteiger partial charge in [-0.2, -0.15) is 0 Å². The third kappa shape index (κ3) is 8.67. The van der Waals surface area contributed by atoms with E-state index in [1.807, 2.05) is 0 Å². The quantitative estimate of drug-likeness (QED) is 0.298. The summed E-state index contributed by atoms with van der Waals surface area (Å²) in [7, 11) is 0. The summed E-state index contributed by atoms with van der Waals surface area (Å²) >= 11 is 2.45. The first-order chi connectivity index (χ1) is 9.34. The average Bonchev–Trinajstić information content (AvgIpc) is 2.43. The van der Waals surface area contributed by atoms with Gasteiger partial charge in [0.2, 0.25) is 0 Å². The predicted octanol–water partition coefficient (Wildman–Crippen LogP) is 6.75. The third-order valence-corrected chi connectivity index (χ3v) is 4.81. The zero-order chi connectivity index (χ0) is 13.8. The number of benzene rings is 1. The van der Waals surface area contributed by atoms with Gasteiger partial charge in [0, 0.05) is 3.57 Å². The maximum Gasteiger partial charge on any atom is 0.0162 e. The van der Waals surface area contributed by atoms with Crippen LogP contribution < -0.4 is 0 Å². The van der Waals surface area contributed by atoms with Crippen molar-refractivity contribution in [3.8, 4) is 0 Å². The summed E-state index contributed by atoms with van der Waals surface area (Å²) < 4.78 is 1.43. The molecule has 0 aliphatic heterocycles. The minimum atomic E-state index is 1.26. The van der Waals surface area contributed by atoms with Crippen molar-refractivity contribution < 1.29 is 0 Å². The molecule has 0 aliphatic carbocycles. The number of unbranched alkanes of at least 4 members (excludes halogenated alkanes) is 9. The molecule has 0 aliphatic rings. The van der Waals surface area contributed by atoms with Crippen LogP contribution in [-0.2, 0) is 6.42 Å². The Bertz CT molecular complexity index is 319. The molecule has 0 amide bonds. The van der Waals surface area contributed by atoms with E-state index >= 15 is 0 Å². The maximum atomic E-state index is 2.45. The molecule has 1 rings (SSSR count). The topological polar surface area (TPSA) is 0 Å².